The maximum absolute atomic E-state index is 13.6. The molecule has 1 N–H and O–H groups in total. The van der Waals surface area contributed by atoms with E-state index in [4.69, 9.17) is 13.8 Å². The molecule has 83 heavy (non-hydrogen) atoms. The van der Waals surface area contributed by atoms with Crippen LogP contribution in [0, 0.1) is 0 Å². The second-order valence-electron chi connectivity index (χ2n) is 23.6. The summed E-state index contributed by atoms with van der Waals surface area (Å²) < 4.78 is 30.4. The van der Waals surface area contributed by atoms with E-state index in [9.17, 15) is 19.0 Å². The summed E-state index contributed by atoms with van der Waals surface area (Å²) in [4.78, 5) is 40.1. The molecule has 0 aromatic carbocycles. The van der Waals surface area contributed by atoms with Gasteiger partial charge in [-0.25, -0.2) is 0 Å². The minimum atomic E-state index is -4.72. The van der Waals surface area contributed by atoms with Crippen LogP contribution in [0.2, 0.25) is 0 Å². The number of allylic oxidation sites excluding steroid dienone is 19. The Morgan fingerprint density at radius 2 is 0.771 bits per heavy atom. The first-order chi connectivity index (χ1) is 40.4. The van der Waals surface area contributed by atoms with Gasteiger partial charge >= 0.3 is 5.97 Å². The Morgan fingerprint density at radius 1 is 0.434 bits per heavy atom. The van der Waals surface area contributed by atoms with Crippen molar-refractivity contribution < 1.29 is 37.3 Å². The number of rotatable bonds is 60. The third-order valence-electron chi connectivity index (χ3n) is 14.4. The van der Waals surface area contributed by atoms with Gasteiger partial charge in [0.05, 0.1) is 33.8 Å². The van der Waals surface area contributed by atoms with Gasteiger partial charge in [0.25, 0.3) is 7.82 Å². The van der Waals surface area contributed by atoms with Crippen molar-refractivity contribution in [1.82, 2.24) is 5.32 Å². The van der Waals surface area contributed by atoms with E-state index in [2.05, 4.69) is 135 Å². The number of carbonyl (C=O) groups excluding carboxylic acids is 2. The highest BCUT2D eigenvalue weighted by Crippen LogP contribution is 2.38. The molecule has 0 aliphatic rings. The summed E-state index contributed by atoms with van der Waals surface area (Å²) in [7, 11) is 1.15. The summed E-state index contributed by atoms with van der Waals surface area (Å²) in [5.41, 5.74) is 0. The van der Waals surface area contributed by atoms with Gasteiger partial charge in [-0.05, 0) is 122 Å². The van der Waals surface area contributed by atoms with Gasteiger partial charge in [0, 0.05) is 12.8 Å². The number of carbonyl (C=O) groups is 2. The van der Waals surface area contributed by atoms with Crippen molar-refractivity contribution >= 4 is 19.7 Å². The number of ether oxygens (including phenoxy) is 1. The smallest absolute Gasteiger partial charge is 0.306 e. The Bertz CT molecular complexity index is 1830. The zero-order valence-electron chi connectivity index (χ0n) is 54.4. The van der Waals surface area contributed by atoms with E-state index < -0.39 is 26.6 Å². The molecule has 0 radical (unpaired) electrons. The summed E-state index contributed by atoms with van der Waals surface area (Å²) in [5, 5.41) is 3.02. The molecule has 1 amide bonds. The molecular weight excluding hydrogens is 1050 g/mol. The number of nitrogens with one attached hydrogen (secondary N) is 1. The molecule has 0 aliphatic carbocycles. The van der Waals surface area contributed by atoms with Crippen molar-refractivity contribution in [2.24, 2.45) is 0 Å². The van der Waals surface area contributed by atoms with Crippen LogP contribution in [0.5, 0.6) is 0 Å². The average molecular weight is 1180 g/mol. The van der Waals surface area contributed by atoms with Gasteiger partial charge in [-0.3, -0.25) is 14.2 Å². The summed E-state index contributed by atoms with van der Waals surface area (Å²) in [6.45, 7) is 6.67. The van der Waals surface area contributed by atoms with Crippen molar-refractivity contribution in [2.75, 3.05) is 40.9 Å². The van der Waals surface area contributed by atoms with Crippen LogP contribution < -0.4 is 10.2 Å². The molecule has 0 aliphatic heterocycles. The average Bonchev–Trinajstić information content (AvgIpc) is 3.51. The number of phosphoric ester groups is 1. The van der Waals surface area contributed by atoms with E-state index in [0.29, 0.717) is 17.4 Å². The Kier molecular flexibility index (Phi) is 58.8. The minimum Gasteiger partial charge on any atom is -0.756 e. The van der Waals surface area contributed by atoms with Crippen molar-refractivity contribution in [2.45, 2.75) is 290 Å². The molecule has 0 heterocycles. The Labute approximate surface area is 512 Å². The van der Waals surface area contributed by atoms with Crippen molar-refractivity contribution in [3.63, 3.8) is 0 Å². The van der Waals surface area contributed by atoms with E-state index in [1.165, 1.54) is 109 Å². The molecule has 0 saturated heterocycles. The first-order valence-corrected chi connectivity index (χ1v) is 35.3. The molecular formula is C73H127N2O7P. The number of nitrogens with zero attached hydrogens (tertiary/aromatic N) is 1. The molecule has 0 fully saturated rings. The second-order valence-corrected chi connectivity index (χ2v) is 25.0. The summed E-state index contributed by atoms with van der Waals surface area (Å²) in [6, 6.07) is -0.913. The molecule has 3 atom stereocenters. The fourth-order valence-electron chi connectivity index (χ4n) is 9.18. The summed E-state index contributed by atoms with van der Waals surface area (Å²) >= 11 is 0. The molecule has 0 spiro atoms. The van der Waals surface area contributed by atoms with Gasteiger partial charge < -0.3 is 28.5 Å². The Hall–Kier alpha value is -3.59. The number of amides is 1. The second kappa shape index (κ2) is 61.5. The number of quaternary nitrogens is 1. The topological polar surface area (TPSA) is 114 Å². The van der Waals surface area contributed by atoms with Gasteiger partial charge in [0.1, 0.15) is 19.3 Å². The predicted octanol–water partition coefficient (Wildman–Crippen LogP) is 20.8. The number of unbranched alkanes of at least 4 members (excludes halogenated alkanes) is 26. The molecule has 3 unspecified atom stereocenters. The normalized spacial score (nSPS) is 14.3. The van der Waals surface area contributed by atoms with Crippen LogP contribution in [0.1, 0.15) is 278 Å². The van der Waals surface area contributed by atoms with Crippen LogP contribution in [0.3, 0.4) is 0 Å². The van der Waals surface area contributed by atoms with E-state index >= 15 is 0 Å². The largest absolute Gasteiger partial charge is 0.756 e. The highest BCUT2D eigenvalue weighted by Gasteiger charge is 2.27. The molecule has 0 aromatic rings. The van der Waals surface area contributed by atoms with Gasteiger partial charge in [-0.2, -0.15) is 0 Å². The fraction of sp³-hybridized carbons (Fsp3) is 0.699. The van der Waals surface area contributed by atoms with Crippen molar-refractivity contribution in [3.8, 4) is 0 Å². The van der Waals surface area contributed by atoms with E-state index in [1.807, 2.05) is 33.3 Å². The lowest BCUT2D eigenvalue weighted by atomic mass is 10.0. The third kappa shape index (κ3) is 62.8. The van der Waals surface area contributed by atoms with E-state index in [0.717, 1.165) is 128 Å². The monoisotopic (exact) mass is 1170 g/mol. The van der Waals surface area contributed by atoms with Crippen LogP contribution in [0.25, 0.3) is 0 Å². The van der Waals surface area contributed by atoms with Crippen LogP contribution in [0.4, 0.5) is 0 Å². The molecule has 476 valence electrons. The fourth-order valence-corrected chi connectivity index (χ4v) is 9.90. The van der Waals surface area contributed by atoms with Crippen LogP contribution in [0.15, 0.2) is 122 Å². The Morgan fingerprint density at radius 3 is 1.18 bits per heavy atom. The third-order valence-corrected chi connectivity index (χ3v) is 15.3. The zero-order valence-corrected chi connectivity index (χ0v) is 55.3. The number of esters is 1. The maximum Gasteiger partial charge on any atom is 0.306 e. The predicted molar refractivity (Wildman–Crippen MR) is 357 cm³/mol. The molecule has 0 rings (SSSR count). The van der Waals surface area contributed by atoms with Gasteiger partial charge in [0.2, 0.25) is 5.91 Å². The summed E-state index contributed by atoms with van der Waals surface area (Å²) in [5.74, 6) is -0.579. The molecule has 0 saturated carbocycles. The molecule has 0 bridgehead atoms. The lowest BCUT2D eigenvalue weighted by molar-refractivity contribution is -0.870. The van der Waals surface area contributed by atoms with E-state index in [-0.39, 0.29) is 31.3 Å². The number of phosphoric acid groups is 1. The lowest BCUT2D eigenvalue weighted by Crippen LogP contribution is -2.47. The quantitative estimate of drug-likeness (QED) is 0.0212. The van der Waals surface area contributed by atoms with Crippen LogP contribution in [-0.2, 0) is 27.9 Å². The van der Waals surface area contributed by atoms with E-state index in [1.54, 1.807) is 0 Å². The van der Waals surface area contributed by atoms with Gasteiger partial charge in [0.15, 0.2) is 0 Å². The standard InChI is InChI=1S/C73H127N2O7P/c1-7-10-13-16-19-22-25-27-29-31-33-35-37-39-41-43-45-47-50-53-56-59-62-65-72(76)74-70(69-81-83(78,79)80-68-67-75(4,5)6)71(64-61-58-55-52-49-24-21-18-15-12-9-3)82-73(77)66-63-60-57-54-51-48-46-44-42-40-38-36-34-32-30-28-26-23-20-17-14-11-8-2/h10,13,19-20,22-23,27-30,33-36,39,41,45,47,61,64,70-71H,7-9,11-12,14-18,21,24-26,31-32,37-38,40,42-44,46,48-60,62-63,65-69H2,1-6H3,(H-,74,76,78,79)/b13-10-,22-19-,23-20-,29-27-,30-28-,35-33-,36-34-,41-39-,47-45-,64-61+. The first kappa shape index (κ1) is 79.4. The molecule has 0 aromatic heterocycles. The zero-order chi connectivity index (χ0) is 60.7. The number of hydrogen-bond acceptors (Lipinski definition) is 7. The molecule has 10 heteroatoms. The Balaban J connectivity index is 5.17. The minimum absolute atomic E-state index is 0.0345. The maximum atomic E-state index is 13.6. The van der Waals surface area contributed by atoms with Gasteiger partial charge in [-0.15, -0.1) is 0 Å². The number of likely N-dealkylation sites (N-methyl/N-ethyl adjacent to an activating group) is 1. The van der Waals surface area contributed by atoms with Crippen LogP contribution in [-0.4, -0.2) is 69.4 Å². The van der Waals surface area contributed by atoms with Crippen molar-refractivity contribution in [1.29, 1.82) is 0 Å². The highest BCUT2D eigenvalue weighted by atomic mass is 31.2. The highest BCUT2D eigenvalue weighted by molar-refractivity contribution is 7.45. The van der Waals surface area contributed by atoms with Crippen LogP contribution >= 0.6 is 7.82 Å². The lowest BCUT2D eigenvalue weighted by Gasteiger charge is -2.30. The molecule has 9 nitrogen and oxygen atoms in total. The van der Waals surface area contributed by atoms with Crippen molar-refractivity contribution in [3.05, 3.63) is 122 Å². The SMILES string of the molecule is CC/C=C\C/C=C\C/C=C\C/C=C\C/C=C\C/C=C\CCCCCCC(=O)NC(COP(=O)([O-])OCC[N+](C)(C)C)C(/C=C/CCCCCCCCCCC)OC(=O)CCCCCCCCCCCC/C=C\C/C=C\C/C=C\CCCCC. The first-order valence-electron chi connectivity index (χ1n) is 33.8. The van der Waals surface area contributed by atoms with Gasteiger partial charge in [-0.1, -0.05) is 265 Å². The number of hydrogen-bond donors (Lipinski definition) is 1. The summed E-state index contributed by atoms with van der Waals surface area (Å²) in [6.07, 6.45) is 86.0.